The number of imidazole rings is 2. The molecule has 2 aromatic heterocycles. The van der Waals surface area contributed by atoms with Crippen molar-refractivity contribution in [2.45, 2.75) is 117 Å². The molecule has 2 aliphatic rings. The minimum absolute atomic E-state index is 0.0559. The van der Waals surface area contributed by atoms with Crippen LogP contribution in [0.1, 0.15) is 91.3 Å². The molecule has 4 atom stereocenters. The number of benzene rings is 2. The number of amides is 2. The Morgan fingerprint density at radius 2 is 1.43 bits per heavy atom. The first-order chi connectivity index (χ1) is 23.8. The molecule has 1 saturated heterocycles. The normalized spacial score (nSPS) is 19.6. The van der Waals surface area contributed by atoms with Gasteiger partial charge in [-0.05, 0) is 90.3 Å². The molecule has 4 aromatic rings. The Bertz CT molecular complexity index is 1850. The molecule has 1 aliphatic carbocycles. The maximum atomic E-state index is 13.2. The van der Waals surface area contributed by atoms with Crippen molar-refractivity contribution >= 4 is 20.3 Å². The lowest BCUT2D eigenvalue weighted by molar-refractivity contribution is 0.00506. The third kappa shape index (κ3) is 8.40. The maximum absolute atomic E-state index is 13.2. The molecular weight excluding hydrogens is 657 g/mol. The van der Waals surface area contributed by atoms with Crippen LogP contribution < -0.4 is 0 Å². The van der Waals surface area contributed by atoms with Crippen LogP contribution in [0.4, 0.5) is 9.59 Å². The van der Waals surface area contributed by atoms with Gasteiger partial charge in [-0.25, -0.2) is 19.6 Å². The average Bonchev–Trinajstić information content (AvgIpc) is 3.76. The van der Waals surface area contributed by atoms with Gasteiger partial charge in [-0.15, -0.1) is 0 Å². The Morgan fingerprint density at radius 3 is 1.98 bits per heavy atom. The second-order valence-electron chi connectivity index (χ2n) is 17.4. The standard InChI is InChI=1S/C40H54N6O4Si/c1-25(45(24-51(8,9)10)37(47)49-39(2,3)4)35-41-22-31(43-35)28-15-11-26(12-16-28)27-13-17-29(18-14-27)36-42-23-32(44-36)34-21-30-19-20-33(30)46(34)38(48)50-40(5,6)7/h11-18,22-23,25,30,33-34H,19-21,24H2,1-10H3,(H,41,43)(H,42,44). The van der Waals surface area contributed by atoms with Crippen molar-refractivity contribution in [3.63, 3.8) is 0 Å². The largest absolute Gasteiger partial charge is 0.444 e. The zero-order valence-corrected chi connectivity index (χ0v) is 32.8. The smallest absolute Gasteiger partial charge is 0.411 e. The number of nitrogens with zero attached hydrogens (tertiary/aromatic N) is 4. The molecule has 0 spiro atoms. The third-order valence-electron chi connectivity index (χ3n) is 9.57. The van der Waals surface area contributed by atoms with Gasteiger partial charge >= 0.3 is 12.2 Å². The van der Waals surface area contributed by atoms with Crippen LogP contribution in [-0.4, -0.2) is 73.4 Å². The van der Waals surface area contributed by atoms with E-state index < -0.39 is 19.3 Å². The predicted octanol–water partition coefficient (Wildman–Crippen LogP) is 9.77. The summed E-state index contributed by atoms with van der Waals surface area (Å²) in [7, 11) is -1.63. The van der Waals surface area contributed by atoms with E-state index in [1.54, 1.807) is 0 Å². The van der Waals surface area contributed by atoms with E-state index in [2.05, 4.69) is 83.1 Å². The number of fused-ring (bicyclic) bond motifs is 1. The molecule has 51 heavy (non-hydrogen) atoms. The summed E-state index contributed by atoms with van der Waals surface area (Å²) in [6.45, 7) is 20.1. The summed E-state index contributed by atoms with van der Waals surface area (Å²) >= 11 is 0. The molecule has 2 aromatic carbocycles. The summed E-state index contributed by atoms with van der Waals surface area (Å²) in [6.07, 6.45) is 6.93. The van der Waals surface area contributed by atoms with Gasteiger partial charge in [-0.3, -0.25) is 4.90 Å². The quantitative estimate of drug-likeness (QED) is 0.176. The number of hydrogen-bond donors (Lipinski definition) is 2. The van der Waals surface area contributed by atoms with E-state index in [4.69, 9.17) is 14.5 Å². The number of carbonyl (C=O) groups is 2. The zero-order valence-electron chi connectivity index (χ0n) is 31.8. The molecule has 1 saturated carbocycles. The Morgan fingerprint density at radius 1 is 0.843 bits per heavy atom. The van der Waals surface area contributed by atoms with Crippen LogP contribution in [0.15, 0.2) is 60.9 Å². The Hall–Kier alpha value is -4.38. The molecule has 11 heteroatoms. The number of nitrogens with one attached hydrogen (secondary N) is 2. The van der Waals surface area contributed by atoms with Crippen molar-refractivity contribution in [1.29, 1.82) is 0 Å². The molecule has 1 aliphatic heterocycles. The van der Waals surface area contributed by atoms with Gasteiger partial charge in [-0.2, -0.15) is 0 Å². The van der Waals surface area contributed by atoms with Gasteiger partial charge in [0.2, 0.25) is 0 Å². The van der Waals surface area contributed by atoms with Crippen molar-refractivity contribution in [3.05, 3.63) is 72.4 Å². The lowest BCUT2D eigenvalue weighted by atomic mass is 9.80. The second-order valence-corrected chi connectivity index (χ2v) is 22.9. The summed E-state index contributed by atoms with van der Waals surface area (Å²) < 4.78 is 11.6. The summed E-state index contributed by atoms with van der Waals surface area (Å²) in [5, 5.41) is 0. The van der Waals surface area contributed by atoms with E-state index in [1.165, 1.54) is 0 Å². The molecule has 3 heterocycles. The highest BCUT2D eigenvalue weighted by Gasteiger charge is 2.50. The summed E-state index contributed by atoms with van der Waals surface area (Å²) in [6, 6.07) is 16.7. The van der Waals surface area contributed by atoms with Gasteiger partial charge < -0.3 is 24.3 Å². The summed E-state index contributed by atoms with van der Waals surface area (Å²) in [5.41, 5.74) is 4.93. The molecule has 0 bridgehead atoms. The van der Waals surface area contributed by atoms with Crippen molar-refractivity contribution < 1.29 is 19.1 Å². The van der Waals surface area contributed by atoms with Crippen LogP contribution in [0, 0.1) is 5.92 Å². The fourth-order valence-corrected chi connectivity index (χ4v) is 8.45. The van der Waals surface area contributed by atoms with Crippen molar-refractivity contribution in [3.8, 4) is 33.8 Å². The first kappa shape index (κ1) is 36.4. The number of aromatic amines is 2. The van der Waals surface area contributed by atoms with Crippen LogP contribution >= 0.6 is 0 Å². The lowest BCUT2D eigenvalue weighted by Crippen LogP contribution is -2.47. The first-order valence-electron chi connectivity index (χ1n) is 18.2. The van der Waals surface area contributed by atoms with Crippen LogP contribution in [-0.2, 0) is 9.47 Å². The van der Waals surface area contributed by atoms with Crippen LogP contribution in [0.25, 0.3) is 33.8 Å². The van der Waals surface area contributed by atoms with Gasteiger partial charge in [0.25, 0.3) is 0 Å². The van der Waals surface area contributed by atoms with E-state index in [0.29, 0.717) is 12.1 Å². The van der Waals surface area contributed by atoms with E-state index in [9.17, 15) is 9.59 Å². The number of aromatic nitrogens is 4. The molecule has 2 amide bonds. The first-order valence-corrected chi connectivity index (χ1v) is 21.9. The number of likely N-dealkylation sites (tertiary alicyclic amines) is 1. The predicted molar refractivity (Wildman–Crippen MR) is 204 cm³/mol. The highest BCUT2D eigenvalue weighted by molar-refractivity contribution is 6.76. The van der Waals surface area contributed by atoms with Crippen LogP contribution in [0.3, 0.4) is 0 Å². The fourth-order valence-electron chi connectivity index (χ4n) is 7.03. The van der Waals surface area contributed by atoms with Crippen LogP contribution in [0.5, 0.6) is 0 Å². The van der Waals surface area contributed by atoms with Gasteiger partial charge in [0.1, 0.15) is 22.9 Å². The Balaban J connectivity index is 1.13. The summed E-state index contributed by atoms with van der Waals surface area (Å²) in [5.74, 6) is 2.04. The second kappa shape index (κ2) is 13.6. The van der Waals surface area contributed by atoms with E-state index >= 15 is 0 Å². The van der Waals surface area contributed by atoms with Crippen molar-refractivity contribution in [2.24, 2.45) is 5.92 Å². The maximum Gasteiger partial charge on any atom is 0.411 e. The minimum Gasteiger partial charge on any atom is -0.444 e. The highest BCUT2D eigenvalue weighted by atomic mass is 28.3. The SMILES string of the molecule is CC(c1ncc(-c2ccc(-c3ccc(-c4ncc(C5CC6CCC6N5C(=O)OC(C)(C)C)[nH]4)cc3)cc2)[nH]1)N(C[Si](C)(C)C)C(=O)OC(C)(C)C. The van der Waals surface area contributed by atoms with E-state index in [1.807, 2.05) is 70.7 Å². The number of carbonyl (C=O) groups excluding carboxylic acids is 2. The molecule has 0 radical (unpaired) electrons. The van der Waals surface area contributed by atoms with E-state index in [0.717, 1.165) is 64.6 Å². The van der Waals surface area contributed by atoms with Gasteiger partial charge in [-0.1, -0.05) is 68.2 Å². The average molecular weight is 711 g/mol. The van der Waals surface area contributed by atoms with Gasteiger partial charge in [0, 0.05) is 17.8 Å². The van der Waals surface area contributed by atoms with Crippen LogP contribution in [0.2, 0.25) is 19.6 Å². The Kier molecular flexibility index (Phi) is 9.73. The number of hydrogen-bond acceptors (Lipinski definition) is 6. The summed E-state index contributed by atoms with van der Waals surface area (Å²) in [4.78, 5) is 46.5. The van der Waals surface area contributed by atoms with E-state index in [-0.39, 0.29) is 30.3 Å². The van der Waals surface area contributed by atoms with Gasteiger partial charge in [0.15, 0.2) is 0 Å². The number of H-pyrrole nitrogens is 2. The molecule has 4 unspecified atom stereocenters. The minimum atomic E-state index is -1.63. The lowest BCUT2D eigenvalue weighted by Gasteiger charge is -2.37. The third-order valence-corrected chi connectivity index (χ3v) is 10.9. The molecule has 2 fully saturated rings. The van der Waals surface area contributed by atoms with Crippen molar-refractivity contribution in [2.75, 3.05) is 6.17 Å². The number of ether oxygens (including phenoxy) is 2. The molecule has 272 valence electrons. The Labute approximate surface area is 303 Å². The highest BCUT2D eigenvalue weighted by Crippen LogP contribution is 2.50. The fraction of sp³-hybridized carbons (Fsp3) is 0.500. The monoisotopic (exact) mass is 710 g/mol. The molecule has 2 N–H and O–H groups in total. The molecule has 10 nitrogen and oxygen atoms in total. The molecular formula is C40H54N6O4Si. The number of rotatable bonds is 8. The van der Waals surface area contributed by atoms with Gasteiger partial charge in [0.05, 0.1) is 43.9 Å². The van der Waals surface area contributed by atoms with Crippen molar-refractivity contribution in [1.82, 2.24) is 29.7 Å². The molecule has 6 rings (SSSR count). The topological polar surface area (TPSA) is 116 Å². The zero-order chi connectivity index (χ0) is 36.9.